The molecule has 0 bridgehead atoms. The molecule has 146 heavy (non-hydrogen) atoms. The molecular weight excluding hydrogens is 1870 g/mol. The van der Waals surface area contributed by atoms with Crippen LogP contribution < -0.4 is 145 Å². The lowest BCUT2D eigenvalue weighted by atomic mass is 9.35. The van der Waals surface area contributed by atoms with Gasteiger partial charge in [-0.25, -0.2) is 0 Å². The Kier molecular flexibility index (Phi) is 19.5. The van der Waals surface area contributed by atoms with Gasteiger partial charge in [-0.15, -0.1) is 0 Å². The summed E-state index contributed by atoms with van der Waals surface area (Å²) in [5, 5.41) is 21.6. The van der Waals surface area contributed by atoms with Crippen molar-refractivity contribution in [2.24, 2.45) is 0 Å². The topological polar surface area (TPSA) is 31.4 Å². The summed E-state index contributed by atoms with van der Waals surface area (Å²) < 4.78 is 14.9. The summed E-state index contributed by atoms with van der Waals surface area (Å²) in [5.41, 5.74) is 23.5. The molecule has 682 valence electrons. The summed E-state index contributed by atoms with van der Waals surface area (Å²) in [6, 6.07) is 203. The second-order valence-corrected chi connectivity index (χ2v) is 56.3. The summed E-state index contributed by atoms with van der Waals surface area (Å²) in [6.07, 6.45) is 0. The Bertz CT molecular complexity index is 8820. The van der Waals surface area contributed by atoms with Gasteiger partial charge < -0.3 is 29.1 Å². The van der Waals surface area contributed by atoms with Crippen molar-refractivity contribution in [3.05, 3.63) is 534 Å². The molecule has 8 aliphatic rings. The molecule has 0 amide bonds. The van der Waals surface area contributed by atoms with Gasteiger partial charge in [-0.2, -0.15) is 0 Å². The predicted molar refractivity (Wildman–Crippen MR) is 623 cm³/mol. The lowest BCUT2D eigenvalue weighted by Gasteiger charge is -2.46. The van der Waals surface area contributed by atoms with Crippen LogP contribution in [0.4, 0.5) is 68.2 Å². The van der Waals surface area contributed by atoms with Gasteiger partial charge in [-0.1, -0.05) is 459 Å². The number of ether oxygens (including phenoxy) is 2. The number of para-hydroxylation sites is 9. The molecule has 8 aliphatic heterocycles. The quantitative estimate of drug-likeness (QED) is 0.106. The molecule has 0 radical (unpaired) electrons. The molecule has 0 spiro atoms. The lowest BCUT2D eigenvalue weighted by molar-refractivity contribution is 0.486. The van der Waals surface area contributed by atoms with Crippen LogP contribution in [0.2, 0.25) is 0 Å². The van der Waals surface area contributed by atoms with Crippen LogP contribution >= 0.6 is 23.5 Å². The number of nitrogens with zero attached hydrogens (tertiary/aromatic N) is 4. The van der Waals surface area contributed by atoms with E-state index in [1.54, 1.807) is 0 Å². The molecule has 0 fully saturated rings. The van der Waals surface area contributed by atoms with E-state index in [0.717, 1.165) is 56.7 Å². The first-order valence-electron chi connectivity index (χ1n) is 50.5. The minimum Gasteiger partial charge on any atom is -0.458 e. The second-order valence-electron chi connectivity index (χ2n) is 39.3. The summed E-state index contributed by atoms with van der Waals surface area (Å²) >= 11 is 3.74. The fourth-order valence-corrected chi connectivity index (χ4v) is 49.5. The van der Waals surface area contributed by atoms with Gasteiger partial charge >= 0.3 is 0 Å². The zero-order valence-corrected chi connectivity index (χ0v) is 85.0. The van der Waals surface area contributed by atoms with Gasteiger partial charge in [-0.3, -0.25) is 0 Å². The van der Waals surface area contributed by atoms with Crippen molar-refractivity contribution in [2.75, 3.05) is 19.6 Å². The van der Waals surface area contributed by atoms with Crippen molar-refractivity contribution >= 4 is 253 Å². The van der Waals surface area contributed by atoms with E-state index in [2.05, 4.69) is 553 Å². The normalized spacial score (nSPS) is 14.9. The van der Waals surface area contributed by atoms with Crippen LogP contribution in [0.3, 0.4) is 0 Å². The van der Waals surface area contributed by atoms with Crippen molar-refractivity contribution in [1.82, 2.24) is 0 Å². The number of fused-ring (bicyclic) bond motifs is 16. The molecule has 0 saturated heterocycles. The molecule has 0 saturated carbocycles. The van der Waals surface area contributed by atoms with Gasteiger partial charge in [0, 0.05) is 82.5 Å². The first kappa shape index (κ1) is 85.0. The first-order chi connectivity index (χ1) is 72.4. The molecular formula is C132H88B2N4O2S2Si4. The van der Waals surface area contributed by atoms with Crippen LogP contribution in [0, 0.1) is 0 Å². The number of anilines is 12. The van der Waals surface area contributed by atoms with Crippen molar-refractivity contribution in [3.8, 4) is 34.1 Å². The minimum atomic E-state index is -3.19. The number of benzene rings is 22. The monoisotopic (exact) mass is 1960 g/mol. The zero-order valence-electron chi connectivity index (χ0n) is 79.4. The van der Waals surface area contributed by atoms with Crippen molar-refractivity contribution in [3.63, 3.8) is 0 Å². The highest BCUT2D eigenvalue weighted by molar-refractivity contribution is 8.00. The summed E-state index contributed by atoms with van der Waals surface area (Å²) in [5.74, 6) is 3.54. The lowest BCUT2D eigenvalue weighted by Crippen LogP contribution is -2.77. The third-order valence-corrected chi connectivity index (χ3v) is 54.2. The van der Waals surface area contributed by atoms with E-state index in [0.29, 0.717) is 0 Å². The molecule has 0 aromatic heterocycles. The van der Waals surface area contributed by atoms with E-state index >= 15 is 0 Å². The Balaban J connectivity index is 0.495. The molecule has 30 rings (SSSR count). The average Bonchev–Trinajstić information content (AvgIpc) is 0.653. The van der Waals surface area contributed by atoms with Crippen LogP contribution in [0.1, 0.15) is 0 Å². The van der Waals surface area contributed by atoms with Gasteiger partial charge in [-0.05, 0) is 219 Å². The molecule has 0 N–H and O–H groups in total. The predicted octanol–water partition coefficient (Wildman–Crippen LogP) is 18.2. The van der Waals surface area contributed by atoms with Gasteiger partial charge in [0.2, 0.25) is 0 Å². The van der Waals surface area contributed by atoms with E-state index in [1.165, 1.54) is 181 Å². The van der Waals surface area contributed by atoms with E-state index < -0.39 is 32.3 Å². The molecule has 22 aromatic carbocycles. The summed E-state index contributed by atoms with van der Waals surface area (Å²) in [4.78, 5) is 15.1. The van der Waals surface area contributed by atoms with Gasteiger partial charge in [0.25, 0.3) is 13.4 Å². The van der Waals surface area contributed by atoms with E-state index in [-0.39, 0.29) is 13.4 Å². The first-order valence-corrected chi connectivity index (χ1v) is 60.1. The number of rotatable bonds is 13. The maximum absolute atomic E-state index is 7.55. The fraction of sp³-hybridized carbons (Fsp3) is 0. The molecule has 0 unspecified atom stereocenters. The maximum atomic E-state index is 7.55. The Labute approximate surface area is 862 Å². The van der Waals surface area contributed by atoms with Crippen molar-refractivity contribution in [1.29, 1.82) is 0 Å². The molecule has 0 atom stereocenters. The third-order valence-electron chi connectivity index (χ3n) is 32.4. The highest BCUT2D eigenvalue weighted by atomic mass is 32.2. The maximum Gasteiger partial charge on any atom is 0.254 e. The summed E-state index contributed by atoms with van der Waals surface area (Å²) in [7, 11) is -12.1. The fourth-order valence-electron chi connectivity index (χ4n) is 26.6. The van der Waals surface area contributed by atoms with Gasteiger partial charge in [0.15, 0.2) is 32.3 Å². The highest BCUT2D eigenvalue weighted by Gasteiger charge is 2.56. The zero-order chi connectivity index (χ0) is 95.9. The van der Waals surface area contributed by atoms with Crippen molar-refractivity contribution < 1.29 is 9.47 Å². The molecule has 14 heteroatoms. The average molecular weight is 1960 g/mol. The molecule has 0 aliphatic carbocycles. The van der Waals surface area contributed by atoms with Crippen LogP contribution in [0.25, 0.3) is 11.1 Å². The second kappa shape index (κ2) is 33.5. The van der Waals surface area contributed by atoms with Gasteiger partial charge in [0.05, 0.1) is 11.4 Å². The van der Waals surface area contributed by atoms with E-state index in [9.17, 15) is 0 Å². The Hall–Kier alpha value is -16.7. The van der Waals surface area contributed by atoms with E-state index in [4.69, 9.17) is 9.47 Å². The Morgan fingerprint density at radius 3 is 0.836 bits per heavy atom. The molecule has 22 aromatic rings. The third kappa shape index (κ3) is 12.1. The standard InChI is InChI=1S/C132H88B2N4O2S2Si4/c1-7-39-93(40-8-1)143(94-41-9-2-10-42-94)121-67-27-21-55-107(121)136(108-56-22-28-68-122(108)143)92-80-86-102-120(88-92)141-118-65-37-63-115-129(118)133(102)101-85-79-91(87-117(101)139-115)135-105-53-19-29-69-123(105)145(97-47-15-5-16-48-97,124-70-30-20-54-106(124)135)99-81-75-89(76-82-99)90-77-83-100(84-78-90)146(98-49-17-6-18-50-98)127-73-33-25-59-111(127)138(112-60-26-34-74-128(112)146)114-62-36-52-104-132(114)142-119-66-38-64-116-130(119)134(104)103-51-35-61-113(131(103)140-116)137-109-57-23-31-71-125(109)144(95-43-11-3-12-44-95,96-45-13-4-14-46-96)126-72-32-24-58-110(126)137/h1-88H. The Morgan fingerprint density at radius 1 is 0.178 bits per heavy atom. The van der Waals surface area contributed by atoms with Crippen molar-refractivity contribution in [2.45, 2.75) is 19.6 Å². The molecule has 6 nitrogen and oxygen atoms in total. The largest absolute Gasteiger partial charge is 0.458 e. The van der Waals surface area contributed by atoms with Crippen LogP contribution in [-0.2, 0) is 0 Å². The smallest absolute Gasteiger partial charge is 0.254 e. The van der Waals surface area contributed by atoms with Gasteiger partial charge in [0.1, 0.15) is 23.0 Å². The van der Waals surface area contributed by atoms with Crippen LogP contribution in [-0.4, -0.2) is 45.7 Å². The van der Waals surface area contributed by atoms with E-state index in [1.807, 2.05) is 23.5 Å². The molecule has 8 heterocycles. The summed E-state index contributed by atoms with van der Waals surface area (Å²) in [6.45, 7) is -0.202. The number of hydrogen-bond acceptors (Lipinski definition) is 8. The van der Waals surface area contributed by atoms with Crippen LogP contribution in [0.15, 0.2) is 553 Å². The number of hydrogen-bond donors (Lipinski definition) is 0. The van der Waals surface area contributed by atoms with Crippen LogP contribution in [0.5, 0.6) is 23.0 Å². The SMILES string of the molecule is c1ccc([Si]2(c3ccc(-c4ccc([Si]5(c6ccccc6)c6ccccc6N(c6cccc7c6Sc6cccc8c6B7c6cccc(N7c9ccccc9[Si](c9ccccc9)(c9ccccc9)c9ccccc97)c6O8)c6ccccc65)cc4)cc3)c3ccccc3N(c3ccc4c(c3)Oc3cccc5c3B4c3ccc(N4c6ccccc6[Si](c6ccccc6)(c6ccccc6)c6ccccc64)cc3S5)c3ccccc32)cc1. The Morgan fingerprint density at radius 2 is 0.459 bits per heavy atom. The minimum absolute atomic E-state index is 0.0627. The highest BCUT2D eigenvalue weighted by Crippen LogP contribution is 2.52.